The van der Waals surface area contributed by atoms with Gasteiger partial charge in [-0.15, -0.1) is 0 Å². The molecule has 1 amide bonds. The average Bonchev–Trinajstić information content (AvgIpc) is 3.09. The number of hydrogen-bond donors (Lipinski definition) is 3. The van der Waals surface area contributed by atoms with Gasteiger partial charge in [-0.2, -0.15) is 0 Å². The van der Waals surface area contributed by atoms with Gasteiger partial charge < -0.3 is 25.4 Å². The van der Waals surface area contributed by atoms with Crippen molar-refractivity contribution in [2.24, 2.45) is 0 Å². The quantitative estimate of drug-likeness (QED) is 0.116. The van der Waals surface area contributed by atoms with Gasteiger partial charge >= 0.3 is 6.09 Å². The van der Waals surface area contributed by atoms with E-state index >= 15 is 0 Å². The van der Waals surface area contributed by atoms with Gasteiger partial charge in [-0.05, 0) is 73.7 Å². The Morgan fingerprint density at radius 3 is 1.77 bits per heavy atom. The van der Waals surface area contributed by atoms with Crippen molar-refractivity contribution in [3.05, 3.63) is 149 Å². The van der Waals surface area contributed by atoms with E-state index in [0.29, 0.717) is 45.7 Å². The van der Waals surface area contributed by atoms with Gasteiger partial charge in [0.15, 0.2) is 0 Å². The minimum absolute atomic E-state index is 0.253. The molecule has 248 valence electrons. The van der Waals surface area contributed by atoms with Crippen LogP contribution in [-0.4, -0.2) is 38.2 Å². The van der Waals surface area contributed by atoms with Crippen LogP contribution in [0.15, 0.2) is 116 Å². The van der Waals surface area contributed by atoms with Crippen molar-refractivity contribution in [2.75, 3.05) is 6.54 Å². The molecule has 0 spiro atoms. The van der Waals surface area contributed by atoms with Crippen LogP contribution in [0.5, 0.6) is 5.75 Å². The van der Waals surface area contributed by atoms with Gasteiger partial charge in [0.25, 0.3) is 0 Å². The van der Waals surface area contributed by atoms with Crippen LogP contribution in [0.25, 0.3) is 11.1 Å². The maximum atomic E-state index is 13.4. The summed E-state index contributed by atoms with van der Waals surface area (Å²) in [5, 5.41) is 18.1. The Hall–Kier alpha value is -5.05. The van der Waals surface area contributed by atoms with Gasteiger partial charge in [-0.25, -0.2) is 4.79 Å². The lowest BCUT2D eigenvalue weighted by Crippen LogP contribution is -2.37. The molecule has 0 aliphatic heterocycles. The molecule has 3 N–H and O–H groups in total. The zero-order valence-electron chi connectivity index (χ0n) is 28.0. The standard InChI is InChI=1S/C40H45N5O3/c1-40(2,3)48-39(47)45(29-30-15-17-33(18-16-30)32-11-5-4-6-12-32)22-19-31-23-34(25-41-27-36-13-7-9-20-43-36)38(46)35(24-31)26-42-28-37-14-8-10-21-44-37/h4-18,20-21,23-24,41-42,46H,19,22,25-29H2,1-3H3. The summed E-state index contributed by atoms with van der Waals surface area (Å²) in [6, 6.07) is 34.2. The van der Waals surface area contributed by atoms with E-state index in [1.54, 1.807) is 17.3 Å². The molecule has 0 unspecified atom stereocenters. The Morgan fingerprint density at radius 2 is 1.25 bits per heavy atom. The van der Waals surface area contributed by atoms with E-state index < -0.39 is 5.60 Å². The van der Waals surface area contributed by atoms with Crippen LogP contribution in [0.2, 0.25) is 0 Å². The summed E-state index contributed by atoms with van der Waals surface area (Å²) >= 11 is 0. The van der Waals surface area contributed by atoms with Crippen molar-refractivity contribution in [3.63, 3.8) is 0 Å². The van der Waals surface area contributed by atoms with Crippen molar-refractivity contribution in [2.45, 2.75) is 65.5 Å². The lowest BCUT2D eigenvalue weighted by Gasteiger charge is -2.28. The molecule has 0 fully saturated rings. The number of carbonyl (C=O) groups is 1. The second kappa shape index (κ2) is 16.7. The molecular formula is C40H45N5O3. The molecule has 0 bridgehead atoms. The normalized spacial score (nSPS) is 11.3. The van der Waals surface area contributed by atoms with Crippen molar-refractivity contribution in [1.29, 1.82) is 0 Å². The van der Waals surface area contributed by atoms with Crippen molar-refractivity contribution in [3.8, 4) is 16.9 Å². The highest BCUT2D eigenvalue weighted by atomic mass is 16.6. The topological polar surface area (TPSA) is 99.6 Å². The Labute approximate surface area is 283 Å². The van der Waals surface area contributed by atoms with E-state index in [1.165, 1.54) is 0 Å². The molecule has 48 heavy (non-hydrogen) atoms. The molecule has 0 radical (unpaired) electrons. The molecule has 5 rings (SSSR count). The number of ether oxygens (including phenoxy) is 1. The first-order valence-electron chi connectivity index (χ1n) is 16.4. The fourth-order valence-electron chi connectivity index (χ4n) is 5.38. The first-order valence-corrected chi connectivity index (χ1v) is 16.4. The van der Waals surface area contributed by atoms with Crippen molar-refractivity contribution < 1.29 is 14.6 Å². The van der Waals surface area contributed by atoms with Crippen LogP contribution in [0, 0.1) is 0 Å². The number of aromatic hydroxyl groups is 1. The SMILES string of the molecule is CC(C)(C)OC(=O)N(CCc1cc(CNCc2ccccn2)c(O)c(CNCc2ccccn2)c1)Cc1ccc(-c2ccccc2)cc1. The molecule has 0 saturated heterocycles. The fourth-order valence-corrected chi connectivity index (χ4v) is 5.38. The maximum Gasteiger partial charge on any atom is 0.410 e. The first-order chi connectivity index (χ1) is 23.2. The monoisotopic (exact) mass is 643 g/mol. The first kappa shape index (κ1) is 34.3. The van der Waals surface area contributed by atoms with Crippen LogP contribution in [0.1, 0.15) is 54.4 Å². The van der Waals surface area contributed by atoms with Crippen LogP contribution in [0.4, 0.5) is 4.79 Å². The lowest BCUT2D eigenvalue weighted by molar-refractivity contribution is 0.0236. The Balaban J connectivity index is 1.33. The van der Waals surface area contributed by atoms with E-state index in [2.05, 4.69) is 57.0 Å². The van der Waals surface area contributed by atoms with Gasteiger partial charge in [-0.3, -0.25) is 9.97 Å². The Kier molecular flexibility index (Phi) is 11.9. The highest BCUT2D eigenvalue weighted by Gasteiger charge is 2.23. The van der Waals surface area contributed by atoms with Crippen molar-refractivity contribution in [1.82, 2.24) is 25.5 Å². The van der Waals surface area contributed by atoms with Crippen LogP contribution >= 0.6 is 0 Å². The average molecular weight is 644 g/mol. The maximum absolute atomic E-state index is 13.4. The van der Waals surface area contributed by atoms with Gasteiger partial charge in [0, 0.05) is 62.8 Å². The van der Waals surface area contributed by atoms with E-state index in [9.17, 15) is 9.90 Å². The highest BCUT2D eigenvalue weighted by Crippen LogP contribution is 2.26. The van der Waals surface area contributed by atoms with Gasteiger partial charge in [0.05, 0.1) is 11.4 Å². The third kappa shape index (κ3) is 10.5. The minimum Gasteiger partial charge on any atom is -0.507 e. The number of amides is 1. The molecule has 2 heterocycles. The van der Waals surface area contributed by atoms with Crippen LogP contribution < -0.4 is 10.6 Å². The summed E-state index contributed by atoms with van der Waals surface area (Å²) in [4.78, 5) is 24.0. The number of hydrogen-bond acceptors (Lipinski definition) is 7. The highest BCUT2D eigenvalue weighted by molar-refractivity contribution is 5.68. The number of aromatic nitrogens is 2. The summed E-state index contributed by atoms with van der Waals surface area (Å²) in [6.07, 6.45) is 3.77. The molecule has 0 aliphatic rings. The number of carbonyl (C=O) groups excluding carboxylic acids is 1. The van der Waals surface area contributed by atoms with Gasteiger partial charge in [0.2, 0.25) is 0 Å². The largest absolute Gasteiger partial charge is 0.507 e. The molecule has 2 aromatic heterocycles. The molecule has 0 saturated carbocycles. The van der Waals surface area contributed by atoms with Gasteiger partial charge in [0.1, 0.15) is 11.4 Å². The number of nitrogens with one attached hydrogen (secondary N) is 2. The zero-order chi connectivity index (χ0) is 33.8. The summed E-state index contributed by atoms with van der Waals surface area (Å²) in [5.74, 6) is 0.253. The smallest absolute Gasteiger partial charge is 0.410 e. The van der Waals surface area contributed by atoms with E-state index in [-0.39, 0.29) is 11.8 Å². The summed E-state index contributed by atoms with van der Waals surface area (Å²) in [6.45, 7) is 8.59. The molecule has 5 aromatic rings. The van der Waals surface area contributed by atoms with Gasteiger partial charge in [-0.1, -0.05) is 78.9 Å². The number of benzene rings is 3. The van der Waals surface area contributed by atoms with E-state index in [1.807, 2.05) is 87.5 Å². The van der Waals surface area contributed by atoms with E-state index in [0.717, 1.165) is 44.8 Å². The fraction of sp³-hybridized carbons (Fsp3) is 0.275. The summed E-state index contributed by atoms with van der Waals surface area (Å²) in [5.41, 5.74) is 7.12. The number of phenols is 1. The Bertz CT molecular complexity index is 1660. The zero-order valence-corrected chi connectivity index (χ0v) is 28.0. The Morgan fingerprint density at radius 1 is 0.708 bits per heavy atom. The second-order valence-electron chi connectivity index (χ2n) is 12.8. The minimum atomic E-state index is -0.621. The summed E-state index contributed by atoms with van der Waals surface area (Å²) < 4.78 is 5.83. The van der Waals surface area contributed by atoms with E-state index in [4.69, 9.17) is 4.74 Å². The predicted octanol–water partition coefficient (Wildman–Crippen LogP) is 7.41. The predicted molar refractivity (Wildman–Crippen MR) is 190 cm³/mol. The van der Waals surface area contributed by atoms with Crippen LogP contribution in [-0.2, 0) is 43.9 Å². The summed E-state index contributed by atoms with van der Waals surface area (Å²) in [7, 11) is 0. The molecule has 3 aromatic carbocycles. The number of phenolic OH excluding ortho intramolecular Hbond substituents is 1. The number of nitrogens with zero attached hydrogens (tertiary/aromatic N) is 3. The van der Waals surface area contributed by atoms with Crippen LogP contribution in [0.3, 0.4) is 0 Å². The number of pyridine rings is 2. The second-order valence-corrected chi connectivity index (χ2v) is 12.8. The lowest BCUT2D eigenvalue weighted by atomic mass is 10.0. The van der Waals surface area contributed by atoms with Crippen molar-refractivity contribution >= 4 is 6.09 Å². The molecule has 8 nitrogen and oxygen atoms in total. The number of rotatable bonds is 14. The third-order valence-corrected chi connectivity index (χ3v) is 7.78. The molecule has 0 aliphatic carbocycles. The molecular weight excluding hydrogens is 598 g/mol. The molecule has 8 heteroatoms. The molecule has 0 atom stereocenters. The third-order valence-electron chi connectivity index (χ3n) is 7.78.